The van der Waals surface area contributed by atoms with E-state index in [0.717, 1.165) is 18.2 Å². The van der Waals surface area contributed by atoms with Crippen molar-refractivity contribution in [3.05, 3.63) is 39.7 Å². The zero-order valence-electron chi connectivity index (χ0n) is 7.74. The predicted octanol–water partition coefficient (Wildman–Crippen LogP) is 2.60. The Balaban J connectivity index is 3.22. The zero-order chi connectivity index (χ0) is 11.6. The van der Waals surface area contributed by atoms with E-state index in [0.29, 0.717) is 0 Å². The van der Waals surface area contributed by atoms with Crippen LogP contribution in [0.4, 0.5) is 10.1 Å². The first-order chi connectivity index (χ1) is 6.93. The van der Waals surface area contributed by atoms with Crippen LogP contribution >= 0.6 is 11.6 Å². The van der Waals surface area contributed by atoms with Gasteiger partial charge in [-0.1, -0.05) is 0 Å². The maximum Gasteiger partial charge on any atom is 0.269 e. The van der Waals surface area contributed by atoms with E-state index in [-0.39, 0.29) is 11.3 Å². The number of nitrogens with zero attached hydrogens (tertiary/aromatic N) is 1. The number of hydrogen-bond donors (Lipinski definition) is 0. The maximum absolute atomic E-state index is 13.2. The number of benzene rings is 1. The summed E-state index contributed by atoms with van der Waals surface area (Å²) in [7, 11) is 0. The minimum absolute atomic E-state index is 0.168. The van der Waals surface area contributed by atoms with Crippen LogP contribution in [0.2, 0.25) is 0 Å². The number of nitro benzene ring substituents is 1. The molecule has 6 heteroatoms. The molecule has 0 aliphatic heterocycles. The van der Waals surface area contributed by atoms with Crippen molar-refractivity contribution in [1.82, 2.24) is 0 Å². The van der Waals surface area contributed by atoms with E-state index < -0.39 is 21.9 Å². The highest BCUT2D eigenvalue weighted by Crippen LogP contribution is 2.27. The Kier molecular flexibility index (Phi) is 3.36. The van der Waals surface area contributed by atoms with E-state index in [2.05, 4.69) is 0 Å². The lowest BCUT2D eigenvalue weighted by atomic mass is 10.1. The molecular weight excluding hydrogens is 225 g/mol. The molecule has 1 rings (SSSR count). The van der Waals surface area contributed by atoms with Gasteiger partial charge in [0, 0.05) is 17.7 Å². The van der Waals surface area contributed by atoms with Crippen molar-refractivity contribution in [1.29, 1.82) is 0 Å². The van der Waals surface area contributed by atoms with Gasteiger partial charge in [-0.3, -0.25) is 14.9 Å². The molecule has 80 valence electrons. The average molecular weight is 232 g/mol. The number of rotatable bonds is 3. The minimum Gasteiger partial charge on any atom is -0.298 e. The molecule has 0 amide bonds. The summed E-state index contributed by atoms with van der Waals surface area (Å²) >= 11 is 5.61. The van der Waals surface area contributed by atoms with Crippen LogP contribution in [0.3, 0.4) is 0 Å². The van der Waals surface area contributed by atoms with Crippen LogP contribution in [-0.4, -0.2) is 10.7 Å². The molecule has 0 heterocycles. The maximum atomic E-state index is 13.2. The summed E-state index contributed by atoms with van der Waals surface area (Å²) in [4.78, 5) is 20.6. The second kappa shape index (κ2) is 4.35. The van der Waals surface area contributed by atoms with Gasteiger partial charge >= 0.3 is 0 Å². The monoisotopic (exact) mass is 231 g/mol. The average Bonchev–Trinajstić information content (AvgIpc) is 2.16. The predicted molar refractivity (Wildman–Crippen MR) is 52.3 cm³/mol. The van der Waals surface area contributed by atoms with Crippen LogP contribution in [-0.2, 0) is 4.79 Å². The number of Topliss-reactive ketones (excluding diaryl/α,β-unsaturated/α-hetero) is 1. The molecule has 0 N–H and O–H groups in total. The van der Waals surface area contributed by atoms with Gasteiger partial charge < -0.3 is 0 Å². The molecule has 1 aromatic rings. The number of alkyl halides is 1. The summed E-state index contributed by atoms with van der Waals surface area (Å²) in [5.74, 6) is -1.19. The summed E-state index contributed by atoms with van der Waals surface area (Å²) in [6.07, 6.45) is 0. The van der Waals surface area contributed by atoms with Crippen molar-refractivity contribution >= 4 is 23.1 Å². The van der Waals surface area contributed by atoms with Crippen molar-refractivity contribution in [3.8, 4) is 0 Å². The van der Waals surface area contributed by atoms with Gasteiger partial charge in [-0.15, -0.1) is 11.6 Å². The van der Waals surface area contributed by atoms with Gasteiger partial charge in [-0.2, -0.15) is 0 Å². The lowest BCUT2D eigenvalue weighted by molar-refractivity contribution is -0.385. The number of carbonyl (C=O) groups is 1. The van der Waals surface area contributed by atoms with Gasteiger partial charge in [0.25, 0.3) is 5.69 Å². The molecule has 4 nitrogen and oxygen atoms in total. The van der Waals surface area contributed by atoms with Crippen molar-refractivity contribution in [3.63, 3.8) is 0 Å². The van der Waals surface area contributed by atoms with Crippen molar-refractivity contribution in [2.24, 2.45) is 0 Å². The highest BCUT2D eigenvalue weighted by atomic mass is 35.5. The van der Waals surface area contributed by atoms with Crippen molar-refractivity contribution < 1.29 is 14.1 Å². The summed E-state index contributed by atoms with van der Waals surface area (Å²) < 4.78 is 13.2. The molecule has 0 aromatic heterocycles. The van der Waals surface area contributed by atoms with Gasteiger partial charge in [0.2, 0.25) is 0 Å². The molecule has 1 aromatic carbocycles. The normalized spacial score (nSPS) is 12.2. The summed E-state index contributed by atoms with van der Waals surface area (Å²) in [6, 6.07) is 2.91. The standard InChI is InChI=1S/C9H7ClFNO3/c1-5(13)9(10)7-4-6(12(14)15)2-3-8(7)11/h2-4,9H,1H3. The first kappa shape index (κ1) is 11.6. The zero-order valence-corrected chi connectivity index (χ0v) is 8.49. The van der Waals surface area contributed by atoms with Gasteiger partial charge in [0.15, 0.2) is 5.78 Å². The van der Waals surface area contributed by atoms with Crippen LogP contribution in [0.1, 0.15) is 17.9 Å². The highest BCUT2D eigenvalue weighted by molar-refractivity contribution is 6.30. The number of non-ortho nitro benzene ring substituents is 1. The SMILES string of the molecule is CC(=O)C(Cl)c1cc([N+](=O)[O-])ccc1F. The topological polar surface area (TPSA) is 60.2 Å². The Labute approximate surface area is 89.8 Å². The van der Waals surface area contributed by atoms with E-state index in [4.69, 9.17) is 11.6 Å². The summed E-state index contributed by atoms with van der Waals surface area (Å²) in [6.45, 7) is 1.19. The molecule has 0 bridgehead atoms. The van der Waals surface area contributed by atoms with Crippen molar-refractivity contribution in [2.75, 3.05) is 0 Å². The summed E-state index contributed by atoms with van der Waals surface area (Å²) in [5, 5.41) is 9.22. The van der Waals surface area contributed by atoms with Crippen LogP contribution in [0.15, 0.2) is 18.2 Å². The lowest BCUT2D eigenvalue weighted by Crippen LogP contribution is -2.04. The summed E-state index contributed by atoms with van der Waals surface area (Å²) in [5.41, 5.74) is -0.461. The highest BCUT2D eigenvalue weighted by Gasteiger charge is 2.20. The Morgan fingerprint density at radius 3 is 2.67 bits per heavy atom. The second-order valence-corrected chi connectivity index (χ2v) is 3.37. The molecule has 0 saturated carbocycles. The van der Waals surface area contributed by atoms with E-state index in [1.165, 1.54) is 6.92 Å². The van der Waals surface area contributed by atoms with Crippen molar-refractivity contribution in [2.45, 2.75) is 12.3 Å². The Morgan fingerprint density at radius 1 is 1.60 bits per heavy atom. The quantitative estimate of drug-likeness (QED) is 0.456. The van der Waals surface area contributed by atoms with E-state index >= 15 is 0 Å². The number of hydrogen-bond acceptors (Lipinski definition) is 3. The Bertz CT molecular complexity index is 422. The van der Waals surface area contributed by atoms with Gasteiger partial charge in [-0.05, 0) is 13.0 Å². The van der Waals surface area contributed by atoms with E-state index in [9.17, 15) is 19.3 Å². The lowest BCUT2D eigenvalue weighted by Gasteiger charge is -2.06. The van der Waals surface area contributed by atoms with Gasteiger partial charge in [-0.25, -0.2) is 4.39 Å². The molecule has 1 unspecified atom stereocenters. The number of nitro groups is 1. The first-order valence-electron chi connectivity index (χ1n) is 4.02. The second-order valence-electron chi connectivity index (χ2n) is 2.94. The Hall–Kier alpha value is -1.49. The first-order valence-corrected chi connectivity index (χ1v) is 4.45. The molecule has 15 heavy (non-hydrogen) atoms. The molecule has 0 aliphatic rings. The molecule has 1 atom stereocenters. The number of carbonyl (C=O) groups excluding carboxylic acids is 1. The largest absolute Gasteiger partial charge is 0.298 e. The van der Waals surface area contributed by atoms with Crippen LogP contribution in [0.5, 0.6) is 0 Å². The minimum atomic E-state index is -1.19. The third-order valence-corrected chi connectivity index (χ3v) is 2.36. The van der Waals surface area contributed by atoms with Gasteiger partial charge in [0.1, 0.15) is 11.2 Å². The fourth-order valence-electron chi connectivity index (χ4n) is 1.06. The third kappa shape index (κ3) is 2.50. The van der Waals surface area contributed by atoms with Crippen LogP contribution in [0, 0.1) is 15.9 Å². The fraction of sp³-hybridized carbons (Fsp3) is 0.222. The number of halogens is 2. The molecule has 0 saturated heterocycles. The molecule has 0 fully saturated rings. The van der Waals surface area contributed by atoms with E-state index in [1.54, 1.807) is 0 Å². The smallest absolute Gasteiger partial charge is 0.269 e. The molecule has 0 aliphatic carbocycles. The van der Waals surface area contributed by atoms with Crippen LogP contribution in [0.25, 0.3) is 0 Å². The fourth-order valence-corrected chi connectivity index (χ4v) is 1.23. The number of ketones is 1. The molecule has 0 radical (unpaired) electrons. The van der Waals surface area contributed by atoms with Crippen LogP contribution < -0.4 is 0 Å². The van der Waals surface area contributed by atoms with E-state index in [1.807, 2.05) is 0 Å². The molecule has 0 spiro atoms. The molecular formula is C9H7ClFNO3. The Morgan fingerprint density at radius 2 is 2.20 bits per heavy atom. The van der Waals surface area contributed by atoms with Gasteiger partial charge in [0.05, 0.1) is 4.92 Å². The third-order valence-electron chi connectivity index (χ3n) is 1.82.